The van der Waals surface area contributed by atoms with Crippen molar-refractivity contribution in [2.24, 2.45) is 5.92 Å². The van der Waals surface area contributed by atoms with Crippen LogP contribution in [0, 0.1) is 11.7 Å². The number of hydrogen-bond donors (Lipinski definition) is 2. The van der Waals surface area contributed by atoms with E-state index in [0.717, 1.165) is 77.7 Å². The molecule has 40 heavy (non-hydrogen) atoms. The van der Waals surface area contributed by atoms with Crippen molar-refractivity contribution in [3.05, 3.63) is 90.6 Å². The first kappa shape index (κ1) is 25.9. The van der Waals surface area contributed by atoms with Crippen LogP contribution >= 0.6 is 0 Å². The summed E-state index contributed by atoms with van der Waals surface area (Å²) in [4.78, 5) is 11.5. The number of aromatic amines is 1. The van der Waals surface area contributed by atoms with Crippen molar-refractivity contribution in [2.75, 3.05) is 29.0 Å². The minimum atomic E-state index is -3.28. The van der Waals surface area contributed by atoms with Gasteiger partial charge in [-0.15, -0.1) is 0 Å². The van der Waals surface area contributed by atoms with Crippen molar-refractivity contribution in [2.45, 2.75) is 19.3 Å². The molecule has 1 aliphatic rings. The molecule has 0 unspecified atom stereocenters. The zero-order chi connectivity index (χ0) is 27.7. The molecule has 10 heteroatoms. The van der Waals surface area contributed by atoms with Gasteiger partial charge in [0, 0.05) is 41.5 Å². The predicted octanol–water partition coefficient (Wildman–Crippen LogP) is 5.66. The lowest BCUT2D eigenvalue weighted by Crippen LogP contribution is -2.35. The summed E-state index contributed by atoms with van der Waals surface area (Å²) in [5.74, 6) is 1.18. The Kier molecular flexibility index (Phi) is 6.93. The van der Waals surface area contributed by atoms with Crippen LogP contribution in [0.25, 0.3) is 33.3 Å². The Morgan fingerprint density at radius 2 is 1.70 bits per heavy atom. The number of benzene rings is 3. The molecule has 3 aromatic carbocycles. The Morgan fingerprint density at radius 3 is 2.42 bits per heavy atom. The van der Waals surface area contributed by atoms with Crippen LogP contribution in [0.2, 0.25) is 0 Å². The molecular formula is C30H29FN6O2S. The first-order chi connectivity index (χ1) is 19.3. The third-order valence-corrected chi connectivity index (χ3v) is 7.99. The van der Waals surface area contributed by atoms with Gasteiger partial charge in [0.2, 0.25) is 10.0 Å². The summed E-state index contributed by atoms with van der Waals surface area (Å²) in [6, 6.07) is 20.1. The molecule has 3 heterocycles. The average molecular weight is 557 g/mol. The van der Waals surface area contributed by atoms with Gasteiger partial charge >= 0.3 is 0 Å². The summed E-state index contributed by atoms with van der Waals surface area (Å²) in [6.07, 6.45) is 7.65. The van der Waals surface area contributed by atoms with Gasteiger partial charge in [0.05, 0.1) is 17.5 Å². The maximum atomic E-state index is 13.5. The summed E-state index contributed by atoms with van der Waals surface area (Å²) in [6.45, 7) is 1.78. The van der Waals surface area contributed by atoms with Crippen molar-refractivity contribution in [3.8, 4) is 22.4 Å². The van der Waals surface area contributed by atoms with E-state index in [-0.39, 0.29) is 5.82 Å². The first-order valence-electron chi connectivity index (χ1n) is 13.2. The van der Waals surface area contributed by atoms with E-state index in [2.05, 4.69) is 35.9 Å². The number of piperidine rings is 1. The van der Waals surface area contributed by atoms with Crippen LogP contribution in [0.15, 0.2) is 79.3 Å². The topological polar surface area (TPSA) is 104 Å². The highest BCUT2D eigenvalue weighted by molar-refractivity contribution is 7.92. The molecule has 0 bridgehead atoms. The highest BCUT2D eigenvalue weighted by Gasteiger charge is 2.23. The minimum Gasteiger partial charge on any atom is -0.356 e. The molecular weight excluding hydrogens is 527 g/mol. The fraction of sp³-hybridized carbons (Fsp3) is 0.233. The van der Waals surface area contributed by atoms with Crippen LogP contribution in [0.4, 0.5) is 15.9 Å². The van der Waals surface area contributed by atoms with Gasteiger partial charge in [-0.2, -0.15) is 5.10 Å². The quantitative estimate of drug-likeness (QED) is 0.268. The normalized spacial score (nSPS) is 14.5. The van der Waals surface area contributed by atoms with Gasteiger partial charge in [0.15, 0.2) is 0 Å². The van der Waals surface area contributed by atoms with Crippen molar-refractivity contribution >= 4 is 32.4 Å². The summed E-state index contributed by atoms with van der Waals surface area (Å²) >= 11 is 0. The third-order valence-electron chi connectivity index (χ3n) is 7.38. The number of nitrogens with one attached hydrogen (secondary N) is 2. The molecule has 0 spiro atoms. The van der Waals surface area contributed by atoms with Crippen LogP contribution in [-0.2, 0) is 16.4 Å². The van der Waals surface area contributed by atoms with Gasteiger partial charge in [0.1, 0.15) is 18.0 Å². The summed E-state index contributed by atoms with van der Waals surface area (Å²) < 4.78 is 38.9. The molecule has 5 aromatic rings. The van der Waals surface area contributed by atoms with Crippen LogP contribution < -0.4 is 9.62 Å². The highest BCUT2D eigenvalue weighted by atomic mass is 32.2. The smallest absolute Gasteiger partial charge is 0.229 e. The molecule has 2 N–H and O–H groups in total. The summed E-state index contributed by atoms with van der Waals surface area (Å²) in [5.41, 5.74) is 6.18. The zero-order valence-electron chi connectivity index (χ0n) is 22.0. The Balaban J connectivity index is 1.19. The molecule has 6 rings (SSSR count). The van der Waals surface area contributed by atoms with Gasteiger partial charge in [-0.1, -0.05) is 18.2 Å². The van der Waals surface area contributed by atoms with Gasteiger partial charge in [0.25, 0.3) is 0 Å². The van der Waals surface area contributed by atoms with E-state index >= 15 is 0 Å². The third kappa shape index (κ3) is 5.67. The fourth-order valence-electron chi connectivity index (χ4n) is 5.41. The molecule has 2 aromatic heterocycles. The number of aromatic nitrogens is 4. The lowest BCUT2D eigenvalue weighted by atomic mass is 9.90. The van der Waals surface area contributed by atoms with Gasteiger partial charge < -0.3 is 4.90 Å². The Labute approximate surface area is 232 Å². The highest BCUT2D eigenvalue weighted by Crippen LogP contribution is 2.35. The Morgan fingerprint density at radius 1 is 0.975 bits per heavy atom. The molecule has 0 saturated carbocycles. The van der Waals surface area contributed by atoms with Crippen molar-refractivity contribution in [1.82, 2.24) is 20.2 Å². The van der Waals surface area contributed by atoms with Gasteiger partial charge in [-0.3, -0.25) is 9.82 Å². The molecule has 204 valence electrons. The van der Waals surface area contributed by atoms with Crippen LogP contribution in [0.3, 0.4) is 0 Å². The van der Waals surface area contributed by atoms with E-state index in [9.17, 15) is 12.8 Å². The number of halogens is 1. The lowest BCUT2D eigenvalue weighted by Gasteiger charge is -2.33. The van der Waals surface area contributed by atoms with Crippen molar-refractivity contribution in [3.63, 3.8) is 0 Å². The molecule has 1 aliphatic heterocycles. The molecule has 0 aliphatic carbocycles. The van der Waals surface area contributed by atoms with Crippen LogP contribution in [0.5, 0.6) is 0 Å². The molecule has 0 atom stereocenters. The number of nitrogens with zero attached hydrogens (tertiary/aromatic N) is 4. The number of rotatable bonds is 7. The summed E-state index contributed by atoms with van der Waals surface area (Å²) in [5, 5.41) is 8.37. The van der Waals surface area contributed by atoms with Gasteiger partial charge in [-0.25, -0.2) is 22.8 Å². The maximum absolute atomic E-state index is 13.5. The second-order valence-corrected chi connectivity index (χ2v) is 12.0. The van der Waals surface area contributed by atoms with Crippen molar-refractivity contribution in [1.29, 1.82) is 0 Å². The molecule has 1 fully saturated rings. The van der Waals surface area contributed by atoms with E-state index < -0.39 is 10.0 Å². The van der Waals surface area contributed by atoms with Gasteiger partial charge in [-0.05, 0) is 84.8 Å². The van der Waals surface area contributed by atoms with Crippen molar-refractivity contribution < 1.29 is 12.8 Å². The second-order valence-electron chi connectivity index (χ2n) is 10.3. The summed E-state index contributed by atoms with van der Waals surface area (Å²) in [7, 11) is -3.28. The lowest BCUT2D eigenvalue weighted by molar-refractivity contribution is 0.402. The molecule has 8 nitrogen and oxygen atoms in total. The second kappa shape index (κ2) is 10.7. The van der Waals surface area contributed by atoms with E-state index in [1.54, 1.807) is 18.5 Å². The predicted molar refractivity (Wildman–Crippen MR) is 156 cm³/mol. The van der Waals surface area contributed by atoms with E-state index in [1.165, 1.54) is 17.7 Å². The fourth-order valence-corrected chi connectivity index (χ4v) is 5.97. The largest absolute Gasteiger partial charge is 0.356 e. The first-order valence-corrected chi connectivity index (χ1v) is 15.1. The number of hydrogen-bond acceptors (Lipinski definition) is 6. The number of sulfonamides is 1. The van der Waals surface area contributed by atoms with Crippen LogP contribution in [-0.4, -0.2) is 47.9 Å². The molecule has 1 saturated heterocycles. The van der Waals surface area contributed by atoms with E-state index in [0.29, 0.717) is 11.6 Å². The van der Waals surface area contributed by atoms with Crippen LogP contribution in [0.1, 0.15) is 18.4 Å². The molecule has 0 amide bonds. The Hall–Kier alpha value is -4.31. The molecule has 0 radical (unpaired) electrons. The minimum absolute atomic E-state index is 0.281. The maximum Gasteiger partial charge on any atom is 0.229 e. The number of fused-ring (bicyclic) bond motifs is 1. The van der Waals surface area contributed by atoms with E-state index in [1.807, 2.05) is 42.6 Å². The number of H-pyrrole nitrogens is 1. The standard InChI is InChI=1S/C30H29FN6O2S/c1-40(38,39)36-25-9-2-20(3-10-25)16-21-12-14-37(15-13-21)30-26-17-23(6-11-28(26)32-19-33-30)27-18-34-35-29(27)22-4-7-24(31)8-5-22/h2-11,17-19,21,36H,12-16H2,1H3,(H,34,35). The average Bonchev–Trinajstić information content (AvgIpc) is 3.44. The number of anilines is 2. The SMILES string of the molecule is CS(=O)(=O)Nc1ccc(CC2CCN(c3ncnc4ccc(-c5c[nH]nc5-c5ccc(F)cc5)cc34)CC2)cc1. The van der Waals surface area contributed by atoms with E-state index in [4.69, 9.17) is 0 Å². The zero-order valence-corrected chi connectivity index (χ0v) is 22.8. The Bertz CT molecular complexity index is 1750. The monoisotopic (exact) mass is 556 g/mol.